The molecular weight excluding hydrogens is 297 g/mol. The Morgan fingerprint density at radius 1 is 1.00 bits per heavy atom. The lowest BCUT2D eigenvalue weighted by Gasteiger charge is -2.34. The van der Waals surface area contributed by atoms with Crippen molar-refractivity contribution < 1.29 is 13.2 Å². The third kappa shape index (κ3) is 5.16. The van der Waals surface area contributed by atoms with Crippen molar-refractivity contribution in [1.82, 2.24) is 0 Å². The molecule has 1 fully saturated rings. The van der Waals surface area contributed by atoms with Crippen molar-refractivity contribution in [2.75, 3.05) is 0 Å². The van der Waals surface area contributed by atoms with Gasteiger partial charge in [-0.25, -0.2) is 0 Å². The first kappa shape index (κ1) is 17.7. The minimum Gasteiger partial charge on any atom is -0.166 e. The van der Waals surface area contributed by atoms with E-state index in [-0.39, 0.29) is 0 Å². The molecule has 1 aliphatic rings. The predicted molar refractivity (Wildman–Crippen MR) is 87.8 cm³/mol. The zero-order valence-corrected chi connectivity index (χ0v) is 13.9. The second-order valence-electron chi connectivity index (χ2n) is 7.29. The summed E-state index contributed by atoms with van der Waals surface area (Å²) in [4.78, 5) is 0. The molecule has 1 saturated carbocycles. The van der Waals surface area contributed by atoms with Crippen LogP contribution in [0.1, 0.15) is 57.6 Å². The molecular formula is C20H23F3. The second-order valence-corrected chi connectivity index (χ2v) is 7.29. The molecule has 0 spiro atoms. The Bertz CT molecular complexity index is 606. The van der Waals surface area contributed by atoms with Crippen LogP contribution in [0.2, 0.25) is 0 Å². The molecule has 2 rings (SSSR count). The van der Waals surface area contributed by atoms with E-state index in [4.69, 9.17) is 0 Å². The Morgan fingerprint density at radius 3 is 2.04 bits per heavy atom. The van der Waals surface area contributed by atoms with Gasteiger partial charge in [0, 0.05) is 5.56 Å². The van der Waals surface area contributed by atoms with Gasteiger partial charge in [0.2, 0.25) is 0 Å². The van der Waals surface area contributed by atoms with E-state index in [0.717, 1.165) is 30.9 Å². The highest BCUT2D eigenvalue weighted by Crippen LogP contribution is 2.39. The molecule has 0 heterocycles. The Balaban J connectivity index is 1.96. The summed E-state index contributed by atoms with van der Waals surface area (Å²) in [5.41, 5.74) is 1.68. The van der Waals surface area contributed by atoms with E-state index in [1.54, 1.807) is 0 Å². The summed E-state index contributed by atoms with van der Waals surface area (Å²) in [6.07, 6.45) is 2.18. The highest BCUT2D eigenvalue weighted by molar-refractivity contribution is 5.39. The van der Waals surface area contributed by atoms with E-state index in [9.17, 15) is 13.2 Å². The van der Waals surface area contributed by atoms with Crippen molar-refractivity contribution in [3.8, 4) is 11.8 Å². The van der Waals surface area contributed by atoms with Crippen LogP contribution in [0, 0.1) is 23.2 Å². The molecule has 3 heteroatoms. The normalized spacial score (nSPS) is 19.0. The molecule has 0 radical (unpaired) electrons. The molecule has 1 aliphatic carbocycles. The van der Waals surface area contributed by atoms with E-state index in [1.807, 2.05) is 6.08 Å². The van der Waals surface area contributed by atoms with Gasteiger partial charge in [0.15, 0.2) is 0 Å². The Labute approximate surface area is 136 Å². The highest BCUT2D eigenvalue weighted by atomic mass is 19.4. The van der Waals surface area contributed by atoms with E-state index in [1.165, 1.54) is 30.5 Å². The number of hydrogen-bond donors (Lipinski definition) is 0. The summed E-state index contributed by atoms with van der Waals surface area (Å²) in [6, 6.07) is 4.99. The number of hydrogen-bond acceptors (Lipinski definition) is 0. The lowest BCUT2D eigenvalue weighted by atomic mass is 9.71. The van der Waals surface area contributed by atoms with E-state index in [0.29, 0.717) is 11.0 Å². The summed E-state index contributed by atoms with van der Waals surface area (Å²) in [6.45, 7) is 6.87. The zero-order valence-electron chi connectivity index (χ0n) is 13.9. The molecule has 0 unspecified atom stereocenters. The van der Waals surface area contributed by atoms with Crippen LogP contribution in [0.15, 0.2) is 35.9 Å². The van der Waals surface area contributed by atoms with Crippen molar-refractivity contribution in [2.24, 2.45) is 11.3 Å². The minimum absolute atomic E-state index is 0.359. The van der Waals surface area contributed by atoms with Crippen LogP contribution in [0.5, 0.6) is 0 Å². The Kier molecular flexibility index (Phi) is 5.24. The van der Waals surface area contributed by atoms with Gasteiger partial charge >= 0.3 is 6.18 Å². The maximum Gasteiger partial charge on any atom is 0.416 e. The topological polar surface area (TPSA) is 0 Å². The third-order valence-electron chi connectivity index (χ3n) is 4.56. The standard InChI is InChI=1S/C20H23F3/c1-19(2,3)17-11-7-15(8-12-17)5-4-6-16-9-13-18(14-10-16)20(21,22)23/h5,9-10,13-14,17H,7-8,11-12H2,1-3H3. The maximum atomic E-state index is 12.5. The van der Waals surface area contributed by atoms with E-state index in [2.05, 4.69) is 32.6 Å². The number of alkyl halides is 3. The Morgan fingerprint density at radius 2 is 1.57 bits per heavy atom. The third-order valence-corrected chi connectivity index (χ3v) is 4.56. The maximum absolute atomic E-state index is 12.5. The van der Waals surface area contributed by atoms with Crippen molar-refractivity contribution in [1.29, 1.82) is 0 Å². The summed E-state index contributed by atoms with van der Waals surface area (Å²) < 4.78 is 37.5. The van der Waals surface area contributed by atoms with Crippen molar-refractivity contribution >= 4 is 0 Å². The largest absolute Gasteiger partial charge is 0.416 e. The quantitative estimate of drug-likeness (QED) is 0.498. The fraction of sp³-hybridized carbons (Fsp3) is 0.500. The summed E-state index contributed by atoms with van der Waals surface area (Å²) >= 11 is 0. The van der Waals surface area contributed by atoms with Crippen LogP contribution in [-0.4, -0.2) is 0 Å². The summed E-state index contributed by atoms with van der Waals surface area (Å²) in [5.74, 6) is 6.66. The Hall–Kier alpha value is -1.69. The summed E-state index contributed by atoms with van der Waals surface area (Å²) in [7, 11) is 0. The van der Waals surface area contributed by atoms with Gasteiger partial charge in [0.1, 0.15) is 0 Å². The van der Waals surface area contributed by atoms with Gasteiger partial charge in [0.25, 0.3) is 0 Å². The monoisotopic (exact) mass is 320 g/mol. The molecule has 0 aromatic heterocycles. The van der Waals surface area contributed by atoms with Gasteiger partial charge < -0.3 is 0 Å². The minimum atomic E-state index is -4.29. The predicted octanol–water partition coefficient (Wildman–Crippen LogP) is 6.22. The summed E-state index contributed by atoms with van der Waals surface area (Å²) in [5, 5.41) is 0. The van der Waals surface area contributed by atoms with Crippen LogP contribution in [-0.2, 0) is 6.18 Å². The molecule has 0 nitrogen and oxygen atoms in total. The highest BCUT2D eigenvalue weighted by Gasteiger charge is 2.30. The number of allylic oxidation sites excluding steroid dienone is 2. The second kappa shape index (κ2) is 6.83. The molecule has 0 bridgehead atoms. The van der Waals surface area contributed by atoms with Gasteiger partial charge in [-0.05, 0) is 67.4 Å². The first-order chi connectivity index (χ1) is 10.7. The molecule has 0 atom stereocenters. The van der Waals surface area contributed by atoms with Gasteiger partial charge in [-0.15, -0.1) is 0 Å². The number of rotatable bonds is 0. The van der Waals surface area contributed by atoms with E-state index < -0.39 is 11.7 Å². The van der Waals surface area contributed by atoms with Crippen LogP contribution in [0.4, 0.5) is 13.2 Å². The fourth-order valence-corrected chi connectivity index (χ4v) is 2.96. The fourth-order valence-electron chi connectivity index (χ4n) is 2.96. The van der Waals surface area contributed by atoms with Crippen molar-refractivity contribution in [3.05, 3.63) is 47.0 Å². The lowest BCUT2D eigenvalue weighted by Crippen LogP contribution is -2.23. The number of benzene rings is 1. The smallest absolute Gasteiger partial charge is 0.166 e. The zero-order chi connectivity index (χ0) is 17.1. The molecule has 124 valence electrons. The molecule has 1 aromatic carbocycles. The average molecular weight is 320 g/mol. The van der Waals surface area contributed by atoms with Gasteiger partial charge in [0.05, 0.1) is 5.56 Å². The molecule has 0 amide bonds. The van der Waals surface area contributed by atoms with Crippen LogP contribution < -0.4 is 0 Å². The van der Waals surface area contributed by atoms with Crippen LogP contribution in [0.3, 0.4) is 0 Å². The molecule has 23 heavy (non-hydrogen) atoms. The van der Waals surface area contributed by atoms with Crippen molar-refractivity contribution in [3.63, 3.8) is 0 Å². The van der Waals surface area contributed by atoms with Gasteiger partial charge in [-0.1, -0.05) is 38.2 Å². The molecule has 0 saturated heterocycles. The SMILES string of the molecule is CC(C)(C)C1CCC(=CC#Cc2ccc(C(F)(F)F)cc2)CC1. The molecule has 1 aromatic rings. The average Bonchev–Trinajstić information content (AvgIpc) is 2.46. The molecule has 0 aliphatic heterocycles. The van der Waals surface area contributed by atoms with Gasteiger partial charge in [-0.2, -0.15) is 13.2 Å². The first-order valence-electron chi connectivity index (χ1n) is 8.03. The van der Waals surface area contributed by atoms with Crippen LogP contribution >= 0.6 is 0 Å². The lowest BCUT2D eigenvalue weighted by molar-refractivity contribution is -0.137. The molecule has 0 N–H and O–H groups in total. The van der Waals surface area contributed by atoms with Gasteiger partial charge in [-0.3, -0.25) is 0 Å². The van der Waals surface area contributed by atoms with Crippen molar-refractivity contribution in [2.45, 2.75) is 52.6 Å². The first-order valence-corrected chi connectivity index (χ1v) is 8.03. The number of halogens is 3. The van der Waals surface area contributed by atoms with Crippen LogP contribution in [0.25, 0.3) is 0 Å². The van der Waals surface area contributed by atoms with E-state index >= 15 is 0 Å².